The zero-order valence-electron chi connectivity index (χ0n) is 10.6. The second kappa shape index (κ2) is 4.20. The van der Waals surface area contributed by atoms with Crippen molar-refractivity contribution >= 4 is 11.5 Å². The van der Waals surface area contributed by atoms with Gasteiger partial charge in [-0.2, -0.15) is 0 Å². The van der Waals surface area contributed by atoms with Crippen molar-refractivity contribution in [3.8, 4) is 0 Å². The van der Waals surface area contributed by atoms with Crippen molar-refractivity contribution in [1.29, 1.82) is 0 Å². The van der Waals surface area contributed by atoms with Gasteiger partial charge in [0.2, 0.25) is 0 Å². The van der Waals surface area contributed by atoms with Gasteiger partial charge in [0.1, 0.15) is 0 Å². The maximum atomic E-state index is 11.9. The van der Waals surface area contributed by atoms with Crippen molar-refractivity contribution in [3.63, 3.8) is 0 Å². The van der Waals surface area contributed by atoms with E-state index >= 15 is 0 Å². The third kappa shape index (κ3) is 1.79. The van der Waals surface area contributed by atoms with E-state index in [1.165, 1.54) is 0 Å². The van der Waals surface area contributed by atoms with E-state index < -0.39 is 0 Å². The van der Waals surface area contributed by atoms with Crippen LogP contribution in [0.25, 0.3) is 5.52 Å². The molecule has 0 aromatic carbocycles. The van der Waals surface area contributed by atoms with E-state index in [0.717, 1.165) is 22.5 Å². The molecule has 2 aromatic rings. The maximum absolute atomic E-state index is 11.9. The van der Waals surface area contributed by atoms with E-state index in [4.69, 9.17) is 4.74 Å². The first-order chi connectivity index (χ1) is 8.06. The van der Waals surface area contributed by atoms with E-state index in [-0.39, 0.29) is 5.97 Å². The number of hydrogen-bond donors (Lipinski definition) is 0. The fraction of sp³-hybridized carbons (Fsp3) is 0.385. The van der Waals surface area contributed by atoms with Gasteiger partial charge in [0.05, 0.1) is 29.7 Å². The molecule has 4 heteroatoms. The van der Waals surface area contributed by atoms with Gasteiger partial charge in [0, 0.05) is 5.69 Å². The summed E-state index contributed by atoms with van der Waals surface area (Å²) in [7, 11) is 0. The van der Waals surface area contributed by atoms with Crippen LogP contribution in [0.1, 0.15) is 34.2 Å². The SMILES string of the molecule is CCOC(=O)c1c(C)cc2c(C)ncn2c1C. The van der Waals surface area contributed by atoms with E-state index in [9.17, 15) is 4.79 Å². The van der Waals surface area contributed by atoms with Gasteiger partial charge < -0.3 is 9.14 Å². The van der Waals surface area contributed by atoms with Gasteiger partial charge in [-0.3, -0.25) is 0 Å². The van der Waals surface area contributed by atoms with Crippen LogP contribution in [-0.2, 0) is 4.74 Å². The molecule has 2 aromatic heterocycles. The number of carbonyl (C=O) groups is 1. The Bertz CT molecular complexity index is 585. The van der Waals surface area contributed by atoms with Crippen LogP contribution in [0, 0.1) is 20.8 Å². The molecule has 0 saturated heterocycles. The van der Waals surface area contributed by atoms with Gasteiger partial charge in [-0.15, -0.1) is 0 Å². The minimum absolute atomic E-state index is 0.268. The van der Waals surface area contributed by atoms with Crippen molar-refractivity contribution < 1.29 is 9.53 Å². The molecule has 17 heavy (non-hydrogen) atoms. The molecule has 0 fully saturated rings. The van der Waals surface area contributed by atoms with Crippen LogP contribution in [0.5, 0.6) is 0 Å². The fourth-order valence-corrected chi connectivity index (χ4v) is 2.08. The standard InChI is InChI=1S/C13H16N2O2/c1-5-17-13(16)12-8(2)6-11-9(3)14-7-15(11)10(12)4/h6-7H,5H2,1-4H3. The summed E-state index contributed by atoms with van der Waals surface area (Å²) in [5.74, 6) is -0.268. The lowest BCUT2D eigenvalue weighted by atomic mass is 10.1. The molecule has 90 valence electrons. The van der Waals surface area contributed by atoms with Crippen molar-refractivity contribution in [2.45, 2.75) is 27.7 Å². The molecule has 0 unspecified atom stereocenters. The topological polar surface area (TPSA) is 43.6 Å². The van der Waals surface area contributed by atoms with Crippen LogP contribution in [-0.4, -0.2) is 22.0 Å². The average molecular weight is 232 g/mol. The summed E-state index contributed by atoms with van der Waals surface area (Å²) < 4.78 is 7.00. The highest BCUT2D eigenvalue weighted by molar-refractivity contribution is 5.93. The average Bonchev–Trinajstić information content (AvgIpc) is 2.61. The van der Waals surface area contributed by atoms with Gasteiger partial charge >= 0.3 is 5.97 Å². The normalized spacial score (nSPS) is 10.8. The van der Waals surface area contributed by atoms with E-state index in [0.29, 0.717) is 12.2 Å². The highest BCUT2D eigenvalue weighted by atomic mass is 16.5. The highest BCUT2D eigenvalue weighted by Crippen LogP contribution is 2.20. The molecule has 0 bridgehead atoms. The Morgan fingerprint density at radius 1 is 1.41 bits per heavy atom. The molecule has 0 N–H and O–H groups in total. The number of pyridine rings is 1. The lowest BCUT2D eigenvalue weighted by Gasteiger charge is -2.11. The van der Waals surface area contributed by atoms with Crippen LogP contribution < -0.4 is 0 Å². The van der Waals surface area contributed by atoms with Crippen LogP contribution in [0.2, 0.25) is 0 Å². The number of imidazole rings is 1. The summed E-state index contributed by atoms with van der Waals surface area (Å²) in [5, 5.41) is 0. The van der Waals surface area contributed by atoms with Gasteiger partial charge in [0.15, 0.2) is 0 Å². The molecule has 0 spiro atoms. The number of aromatic nitrogens is 2. The van der Waals surface area contributed by atoms with Crippen molar-refractivity contribution in [3.05, 3.63) is 34.9 Å². The third-order valence-electron chi connectivity index (χ3n) is 2.95. The summed E-state index contributed by atoms with van der Waals surface area (Å²) in [4.78, 5) is 16.1. The zero-order valence-corrected chi connectivity index (χ0v) is 10.6. The van der Waals surface area contributed by atoms with Crippen molar-refractivity contribution in [2.75, 3.05) is 6.61 Å². The van der Waals surface area contributed by atoms with Crippen LogP contribution in [0.4, 0.5) is 0 Å². The number of fused-ring (bicyclic) bond motifs is 1. The Balaban J connectivity index is 2.68. The molecule has 0 saturated carbocycles. The summed E-state index contributed by atoms with van der Waals surface area (Å²) in [6, 6.07) is 1.97. The minimum atomic E-state index is -0.268. The predicted molar refractivity (Wildman–Crippen MR) is 65.4 cm³/mol. The number of rotatable bonds is 2. The number of nitrogens with zero attached hydrogens (tertiary/aromatic N) is 2. The Morgan fingerprint density at radius 2 is 2.12 bits per heavy atom. The van der Waals surface area contributed by atoms with Crippen LogP contribution in [0.15, 0.2) is 12.4 Å². The Labute approximate surface area is 100 Å². The molecule has 0 aliphatic rings. The Morgan fingerprint density at radius 3 is 2.76 bits per heavy atom. The number of hydrogen-bond acceptors (Lipinski definition) is 3. The van der Waals surface area contributed by atoms with Crippen LogP contribution in [0.3, 0.4) is 0 Å². The lowest BCUT2D eigenvalue weighted by Crippen LogP contribution is -2.11. The van der Waals surface area contributed by atoms with E-state index in [2.05, 4.69) is 4.98 Å². The number of carbonyl (C=O) groups excluding carboxylic acids is 1. The molecule has 4 nitrogen and oxygen atoms in total. The van der Waals surface area contributed by atoms with Gasteiger partial charge in [-0.05, 0) is 39.3 Å². The molecule has 0 amide bonds. The summed E-state index contributed by atoms with van der Waals surface area (Å²) >= 11 is 0. The van der Waals surface area contributed by atoms with Crippen molar-refractivity contribution in [2.24, 2.45) is 0 Å². The van der Waals surface area contributed by atoms with Crippen LogP contribution >= 0.6 is 0 Å². The molecule has 0 aliphatic heterocycles. The molecular formula is C13H16N2O2. The number of aryl methyl sites for hydroxylation is 3. The highest BCUT2D eigenvalue weighted by Gasteiger charge is 2.17. The summed E-state index contributed by atoms with van der Waals surface area (Å²) in [6.07, 6.45) is 1.74. The first-order valence-electron chi connectivity index (χ1n) is 5.67. The second-order valence-electron chi connectivity index (χ2n) is 4.09. The van der Waals surface area contributed by atoms with Gasteiger partial charge in [-0.1, -0.05) is 0 Å². The Hall–Kier alpha value is -1.84. The minimum Gasteiger partial charge on any atom is -0.462 e. The zero-order chi connectivity index (χ0) is 12.6. The fourth-order valence-electron chi connectivity index (χ4n) is 2.08. The molecular weight excluding hydrogens is 216 g/mol. The quantitative estimate of drug-likeness (QED) is 0.747. The second-order valence-corrected chi connectivity index (χ2v) is 4.09. The lowest BCUT2D eigenvalue weighted by molar-refractivity contribution is 0.0524. The monoisotopic (exact) mass is 232 g/mol. The first kappa shape index (κ1) is 11.6. The van der Waals surface area contributed by atoms with Gasteiger partial charge in [-0.25, -0.2) is 9.78 Å². The smallest absolute Gasteiger partial charge is 0.340 e. The molecule has 2 heterocycles. The summed E-state index contributed by atoms with van der Waals surface area (Å²) in [6.45, 7) is 7.98. The molecule has 0 radical (unpaired) electrons. The first-order valence-corrected chi connectivity index (χ1v) is 5.67. The largest absolute Gasteiger partial charge is 0.462 e. The number of ether oxygens (including phenoxy) is 1. The molecule has 0 aliphatic carbocycles. The number of esters is 1. The van der Waals surface area contributed by atoms with Gasteiger partial charge in [0.25, 0.3) is 0 Å². The molecule has 0 atom stereocenters. The van der Waals surface area contributed by atoms with E-state index in [1.807, 2.05) is 38.2 Å². The Kier molecular flexibility index (Phi) is 2.88. The summed E-state index contributed by atoms with van der Waals surface area (Å²) in [5.41, 5.74) is 4.44. The predicted octanol–water partition coefficient (Wildman–Crippen LogP) is 2.44. The maximum Gasteiger partial charge on any atom is 0.340 e. The molecule has 2 rings (SSSR count). The van der Waals surface area contributed by atoms with E-state index in [1.54, 1.807) is 6.33 Å². The third-order valence-corrected chi connectivity index (χ3v) is 2.95. The van der Waals surface area contributed by atoms with Crippen molar-refractivity contribution in [1.82, 2.24) is 9.38 Å².